The topological polar surface area (TPSA) is 25.2 Å². The van der Waals surface area contributed by atoms with E-state index in [2.05, 4.69) is 5.32 Å². The van der Waals surface area contributed by atoms with Crippen LogP contribution in [-0.4, -0.2) is 13.1 Å². The lowest BCUT2D eigenvalue weighted by atomic mass is 9.97. The summed E-state index contributed by atoms with van der Waals surface area (Å²) in [5.41, 5.74) is 1.84. The summed E-state index contributed by atoms with van der Waals surface area (Å²) in [5, 5.41) is 4.14. The third kappa shape index (κ3) is 1.81. The molecule has 0 spiro atoms. The Bertz CT molecular complexity index is 491. The maximum Gasteiger partial charge on any atom is 0.137 e. The van der Waals surface area contributed by atoms with Gasteiger partial charge >= 0.3 is 0 Å². The summed E-state index contributed by atoms with van der Waals surface area (Å²) in [4.78, 5) is 0. The van der Waals surface area contributed by atoms with E-state index in [9.17, 15) is 4.39 Å². The molecule has 4 heteroatoms. The molecule has 1 fully saturated rings. The molecule has 2 heterocycles. The molecule has 0 bridgehead atoms. The molecule has 1 aromatic carbocycles. The Hall–Kier alpha value is -1.06. The van der Waals surface area contributed by atoms with Gasteiger partial charge in [-0.1, -0.05) is 0 Å². The fourth-order valence-corrected chi connectivity index (χ4v) is 2.30. The SMILES string of the molecule is Cl.Fc1cc(C2CCNC2)c2occc2c1. The van der Waals surface area contributed by atoms with Gasteiger partial charge in [0, 0.05) is 23.4 Å². The van der Waals surface area contributed by atoms with Gasteiger partial charge in [-0.25, -0.2) is 4.39 Å². The van der Waals surface area contributed by atoms with E-state index in [0.29, 0.717) is 5.92 Å². The van der Waals surface area contributed by atoms with Gasteiger partial charge in [-0.05, 0) is 31.2 Å². The van der Waals surface area contributed by atoms with Crippen LogP contribution in [0.3, 0.4) is 0 Å². The van der Waals surface area contributed by atoms with Crippen LogP contribution in [0.25, 0.3) is 11.0 Å². The number of hydrogen-bond acceptors (Lipinski definition) is 2. The summed E-state index contributed by atoms with van der Waals surface area (Å²) in [6.45, 7) is 1.92. The first kappa shape index (κ1) is 11.4. The summed E-state index contributed by atoms with van der Waals surface area (Å²) < 4.78 is 18.8. The molecular weight excluding hydrogens is 229 g/mol. The minimum atomic E-state index is -0.175. The van der Waals surface area contributed by atoms with Crippen molar-refractivity contribution in [2.45, 2.75) is 12.3 Å². The van der Waals surface area contributed by atoms with E-state index in [1.165, 1.54) is 6.07 Å². The Morgan fingerprint density at radius 1 is 1.38 bits per heavy atom. The summed E-state index contributed by atoms with van der Waals surface area (Å²) in [6, 6.07) is 4.93. The van der Waals surface area contributed by atoms with Crippen molar-refractivity contribution in [1.82, 2.24) is 5.32 Å². The van der Waals surface area contributed by atoms with Gasteiger partial charge in [0.15, 0.2) is 0 Å². The van der Waals surface area contributed by atoms with Crippen molar-refractivity contribution in [3.05, 3.63) is 35.8 Å². The fourth-order valence-electron chi connectivity index (χ4n) is 2.30. The summed E-state index contributed by atoms with van der Waals surface area (Å²) in [7, 11) is 0. The second-order valence-electron chi connectivity index (χ2n) is 4.02. The first-order valence-electron chi connectivity index (χ1n) is 5.22. The minimum Gasteiger partial charge on any atom is -0.464 e. The molecule has 0 saturated carbocycles. The van der Waals surface area contributed by atoms with Crippen molar-refractivity contribution in [2.24, 2.45) is 0 Å². The lowest BCUT2D eigenvalue weighted by molar-refractivity contribution is 0.594. The van der Waals surface area contributed by atoms with Crippen LogP contribution in [0.4, 0.5) is 4.39 Å². The van der Waals surface area contributed by atoms with E-state index in [1.807, 2.05) is 6.07 Å². The molecule has 0 aliphatic carbocycles. The summed E-state index contributed by atoms with van der Waals surface area (Å²) in [5.74, 6) is 0.208. The molecule has 1 aliphatic heterocycles. The van der Waals surface area contributed by atoms with Crippen molar-refractivity contribution >= 4 is 23.4 Å². The molecule has 1 atom stereocenters. The number of furan rings is 1. The van der Waals surface area contributed by atoms with Crippen LogP contribution in [0.2, 0.25) is 0 Å². The monoisotopic (exact) mass is 241 g/mol. The third-order valence-electron chi connectivity index (χ3n) is 3.04. The van der Waals surface area contributed by atoms with Crippen LogP contribution in [0.5, 0.6) is 0 Å². The molecule has 3 rings (SSSR count). The molecule has 1 saturated heterocycles. The zero-order valence-corrected chi connectivity index (χ0v) is 9.52. The molecule has 1 aromatic heterocycles. The quantitative estimate of drug-likeness (QED) is 0.830. The molecule has 0 radical (unpaired) electrons. The van der Waals surface area contributed by atoms with E-state index in [1.54, 1.807) is 12.3 Å². The van der Waals surface area contributed by atoms with Gasteiger partial charge in [0.25, 0.3) is 0 Å². The zero-order chi connectivity index (χ0) is 10.3. The molecule has 1 N–H and O–H groups in total. The average molecular weight is 242 g/mol. The molecule has 16 heavy (non-hydrogen) atoms. The second-order valence-corrected chi connectivity index (χ2v) is 4.02. The highest BCUT2D eigenvalue weighted by atomic mass is 35.5. The van der Waals surface area contributed by atoms with Crippen molar-refractivity contribution in [3.63, 3.8) is 0 Å². The normalized spacial score (nSPS) is 19.9. The molecular formula is C12H13ClFNO. The van der Waals surface area contributed by atoms with E-state index in [0.717, 1.165) is 36.0 Å². The Morgan fingerprint density at radius 3 is 3.00 bits per heavy atom. The Labute approximate surface area is 99.2 Å². The Balaban J connectivity index is 0.000000963. The van der Waals surface area contributed by atoms with Crippen LogP contribution >= 0.6 is 12.4 Å². The number of rotatable bonds is 1. The van der Waals surface area contributed by atoms with Gasteiger partial charge in [-0.3, -0.25) is 0 Å². The van der Waals surface area contributed by atoms with Crippen molar-refractivity contribution < 1.29 is 8.81 Å². The molecule has 2 aromatic rings. The van der Waals surface area contributed by atoms with E-state index >= 15 is 0 Å². The van der Waals surface area contributed by atoms with Crippen LogP contribution in [0, 0.1) is 5.82 Å². The van der Waals surface area contributed by atoms with Crippen LogP contribution in [0.1, 0.15) is 17.9 Å². The number of nitrogens with one attached hydrogen (secondary N) is 1. The minimum absolute atomic E-state index is 0. The largest absolute Gasteiger partial charge is 0.464 e. The molecule has 1 unspecified atom stereocenters. The Morgan fingerprint density at radius 2 is 2.25 bits per heavy atom. The van der Waals surface area contributed by atoms with Gasteiger partial charge in [-0.2, -0.15) is 0 Å². The van der Waals surface area contributed by atoms with Gasteiger partial charge < -0.3 is 9.73 Å². The van der Waals surface area contributed by atoms with Crippen LogP contribution in [-0.2, 0) is 0 Å². The van der Waals surface area contributed by atoms with Gasteiger partial charge in [0.2, 0.25) is 0 Å². The van der Waals surface area contributed by atoms with E-state index in [4.69, 9.17) is 4.42 Å². The summed E-state index contributed by atoms with van der Waals surface area (Å²) in [6.07, 6.45) is 2.68. The van der Waals surface area contributed by atoms with Gasteiger partial charge in [0.05, 0.1) is 6.26 Å². The van der Waals surface area contributed by atoms with Gasteiger partial charge in [0.1, 0.15) is 11.4 Å². The highest BCUT2D eigenvalue weighted by molar-refractivity contribution is 5.85. The number of benzene rings is 1. The second kappa shape index (κ2) is 4.44. The summed E-state index contributed by atoms with van der Waals surface area (Å²) >= 11 is 0. The zero-order valence-electron chi connectivity index (χ0n) is 8.70. The van der Waals surface area contributed by atoms with Crippen molar-refractivity contribution in [1.29, 1.82) is 0 Å². The Kier molecular flexibility index (Phi) is 3.17. The molecule has 86 valence electrons. The number of fused-ring (bicyclic) bond motifs is 1. The first-order chi connectivity index (χ1) is 7.34. The lowest BCUT2D eigenvalue weighted by Gasteiger charge is -2.09. The molecule has 2 nitrogen and oxygen atoms in total. The number of hydrogen-bond donors (Lipinski definition) is 1. The predicted octanol–water partition coefficient (Wildman–Crippen LogP) is 3.07. The fraction of sp³-hybridized carbons (Fsp3) is 0.333. The van der Waals surface area contributed by atoms with Gasteiger partial charge in [-0.15, -0.1) is 12.4 Å². The van der Waals surface area contributed by atoms with Crippen LogP contribution in [0.15, 0.2) is 28.9 Å². The van der Waals surface area contributed by atoms with Crippen LogP contribution < -0.4 is 5.32 Å². The maximum atomic E-state index is 13.4. The number of halogens is 2. The van der Waals surface area contributed by atoms with E-state index in [-0.39, 0.29) is 18.2 Å². The molecule has 1 aliphatic rings. The lowest BCUT2D eigenvalue weighted by Crippen LogP contribution is -2.08. The maximum absolute atomic E-state index is 13.4. The van der Waals surface area contributed by atoms with E-state index < -0.39 is 0 Å². The molecule has 0 amide bonds. The highest BCUT2D eigenvalue weighted by Crippen LogP contribution is 2.31. The van der Waals surface area contributed by atoms with Crippen molar-refractivity contribution in [3.8, 4) is 0 Å². The standard InChI is InChI=1S/C12H12FNO.ClH/c13-10-5-8-2-4-15-12(8)11(6-10)9-1-3-14-7-9;/h2,4-6,9,14H,1,3,7H2;1H. The highest BCUT2D eigenvalue weighted by Gasteiger charge is 2.21. The smallest absolute Gasteiger partial charge is 0.137 e. The first-order valence-corrected chi connectivity index (χ1v) is 5.22. The third-order valence-corrected chi connectivity index (χ3v) is 3.04. The average Bonchev–Trinajstić information content (AvgIpc) is 2.86. The predicted molar refractivity (Wildman–Crippen MR) is 63.6 cm³/mol. The van der Waals surface area contributed by atoms with Crippen molar-refractivity contribution in [2.75, 3.05) is 13.1 Å².